The third kappa shape index (κ3) is 3.59. The van der Waals surface area contributed by atoms with Crippen LogP contribution in [0, 0.1) is 5.92 Å². The summed E-state index contributed by atoms with van der Waals surface area (Å²) >= 11 is 0. The van der Waals surface area contributed by atoms with E-state index in [2.05, 4.69) is 4.74 Å². The lowest BCUT2D eigenvalue weighted by atomic mass is 10.1. The van der Waals surface area contributed by atoms with Crippen molar-refractivity contribution in [3.8, 4) is 0 Å². The first-order valence-electron chi connectivity index (χ1n) is 5.38. The summed E-state index contributed by atoms with van der Waals surface area (Å²) in [6.07, 6.45) is -5.09. The number of halogens is 3. The monoisotopic (exact) mass is 271 g/mol. The Morgan fingerprint density at radius 3 is 2.17 bits per heavy atom. The Kier molecular flexibility index (Phi) is 5.59. The molecule has 18 heavy (non-hydrogen) atoms. The van der Waals surface area contributed by atoms with E-state index in [-0.39, 0.29) is 13.0 Å². The molecule has 0 bridgehead atoms. The standard InChI is InChI=1S/C10H16F3NO4/c1-4-6(3)7(15)14-9(17,10(11,12)13)8(16)18-5-2/h6,17H,4-5H2,1-3H3,(H,14,15)/t6-,9+/m1/s1. The number of aliphatic hydroxyl groups is 1. The van der Waals surface area contributed by atoms with E-state index in [0.29, 0.717) is 0 Å². The molecule has 0 rings (SSSR count). The average Bonchev–Trinajstić information content (AvgIpc) is 2.26. The molecule has 0 heterocycles. The van der Waals surface area contributed by atoms with Gasteiger partial charge in [-0.05, 0) is 13.3 Å². The van der Waals surface area contributed by atoms with Crippen LogP contribution in [0.1, 0.15) is 27.2 Å². The average molecular weight is 271 g/mol. The molecule has 0 aromatic heterocycles. The highest BCUT2D eigenvalue weighted by Gasteiger charge is 2.62. The molecule has 0 aliphatic heterocycles. The highest BCUT2D eigenvalue weighted by Crippen LogP contribution is 2.29. The quantitative estimate of drug-likeness (QED) is 0.577. The highest BCUT2D eigenvalue weighted by atomic mass is 19.4. The van der Waals surface area contributed by atoms with Gasteiger partial charge in [0.15, 0.2) is 0 Å². The number of hydrogen-bond acceptors (Lipinski definition) is 4. The molecular weight excluding hydrogens is 255 g/mol. The highest BCUT2D eigenvalue weighted by molar-refractivity contribution is 5.88. The molecule has 0 aliphatic carbocycles. The van der Waals surface area contributed by atoms with Gasteiger partial charge in [0.1, 0.15) is 0 Å². The number of nitrogens with one attached hydrogen (secondary N) is 1. The first kappa shape index (κ1) is 16.7. The maximum Gasteiger partial charge on any atom is 0.448 e. The Morgan fingerprint density at radius 1 is 1.33 bits per heavy atom. The second kappa shape index (κ2) is 6.03. The zero-order valence-corrected chi connectivity index (χ0v) is 10.3. The summed E-state index contributed by atoms with van der Waals surface area (Å²) in [4.78, 5) is 22.5. The van der Waals surface area contributed by atoms with Crippen LogP contribution in [0.2, 0.25) is 0 Å². The van der Waals surface area contributed by atoms with Crippen molar-refractivity contribution in [2.45, 2.75) is 39.1 Å². The van der Waals surface area contributed by atoms with Gasteiger partial charge in [-0.25, -0.2) is 4.79 Å². The lowest BCUT2D eigenvalue weighted by Crippen LogP contribution is -2.65. The van der Waals surface area contributed by atoms with Crippen molar-refractivity contribution in [2.75, 3.05) is 6.61 Å². The molecule has 0 aromatic rings. The smallest absolute Gasteiger partial charge is 0.448 e. The van der Waals surface area contributed by atoms with Gasteiger partial charge in [-0.1, -0.05) is 13.8 Å². The van der Waals surface area contributed by atoms with Crippen molar-refractivity contribution in [2.24, 2.45) is 5.92 Å². The van der Waals surface area contributed by atoms with Crippen molar-refractivity contribution in [1.82, 2.24) is 5.32 Å². The summed E-state index contributed by atoms with van der Waals surface area (Å²) < 4.78 is 42.0. The third-order valence-corrected chi connectivity index (χ3v) is 2.35. The van der Waals surface area contributed by atoms with Gasteiger partial charge in [-0.15, -0.1) is 0 Å². The van der Waals surface area contributed by atoms with Crippen LogP contribution in [0.5, 0.6) is 0 Å². The summed E-state index contributed by atoms with van der Waals surface area (Å²) in [5, 5.41) is 10.6. The Balaban J connectivity index is 5.14. The Bertz CT molecular complexity index is 319. The molecule has 0 saturated heterocycles. The molecule has 0 unspecified atom stereocenters. The molecule has 5 nitrogen and oxygen atoms in total. The van der Waals surface area contributed by atoms with Crippen LogP contribution in [0.4, 0.5) is 13.2 Å². The van der Waals surface area contributed by atoms with E-state index >= 15 is 0 Å². The third-order valence-electron chi connectivity index (χ3n) is 2.35. The fourth-order valence-electron chi connectivity index (χ4n) is 0.960. The van der Waals surface area contributed by atoms with Crippen LogP contribution < -0.4 is 5.32 Å². The van der Waals surface area contributed by atoms with Crippen molar-refractivity contribution in [3.05, 3.63) is 0 Å². The number of alkyl halides is 3. The van der Waals surface area contributed by atoms with Crippen LogP contribution in [-0.4, -0.2) is 35.5 Å². The van der Waals surface area contributed by atoms with Crippen molar-refractivity contribution in [3.63, 3.8) is 0 Å². The number of carbonyl (C=O) groups excluding carboxylic acids is 2. The SMILES string of the molecule is CCOC(=O)[C@@](O)(NC(=O)[C@H](C)CC)C(F)(F)F. The van der Waals surface area contributed by atoms with E-state index in [1.807, 2.05) is 0 Å². The van der Waals surface area contributed by atoms with Gasteiger partial charge < -0.3 is 15.2 Å². The maximum atomic E-state index is 12.6. The molecule has 1 amide bonds. The van der Waals surface area contributed by atoms with Gasteiger partial charge >= 0.3 is 17.9 Å². The largest absolute Gasteiger partial charge is 0.462 e. The molecule has 2 N–H and O–H groups in total. The normalized spacial score (nSPS) is 16.6. The molecule has 0 saturated carbocycles. The number of carbonyl (C=O) groups is 2. The molecule has 2 atom stereocenters. The topological polar surface area (TPSA) is 75.6 Å². The molecule has 0 fully saturated rings. The number of hydrogen-bond donors (Lipinski definition) is 2. The molecule has 0 aliphatic rings. The van der Waals surface area contributed by atoms with Gasteiger partial charge in [0.2, 0.25) is 5.91 Å². The second-order valence-electron chi connectivity index (χ2n) is 3.73. The fourth-order valence-corrected chi connectivity index (χ4v) is 0.960. The van der Waals surface area contributed by atoms with Crippen LogP contribution in [0.3, 0.4) is 0 Å². The second-order valence-corrected chi connectivity index (χ2v) is 3.73. The lowest BCUT2D eigenvalue weighted by molar-refractivity contribution is -0.271. The molecule has 8 heteroatoms. The van der Waals surface area contributed by atoms with Gasteiger partial charge in [-0.3, -0.25) is 4.79 Å². The minimum Gasteiger partial charge on any atom is -0.462 e. The zero-order valence-electron chi connectivity index (χ0n) is 10.3. The van der Waals surface area contributed by atoms with Crippen LogP contribution in [-0.2, 0) is 14.3 Å². The van der Waals surface area contributed by atoms with Crippen molar-refractivity contribution >= 4 is 11.9 Å². The van der Waals surface area contributed by atoms with E-state index in [4.69, 9.17) is 0 Å². The molecule has 0 spiro atoms. The van der Waals surface area contributed by atoms with Gasteiger partial charge in [0, 0.05) is 5.92 Å². The molecule has 0 radical (unpaired) electrons. The summed E-state index contributed by atoms with van der Waals surface area (Å²) in [6, 6.07) is 0. The maximum absolute atomic E-state index is 12.6. The molecular formula is C10H16F3NO4. The van der Waals surface area contributed by atoms with E-state index in [1.54, 1.807) is 6.92 Å². The minimum absolute atomic E-state index is 0.266. The van der Waals surface area contributed by atoms with Crippen LogP contribution in [0.15, 0.2) is 0 Å². The summed E-state index contributed by atoms with van der Waals surface area (Å²) in [5.41, 5.74) is -4.01. The number of rotatable bonds is 5. The summed E-state index contributed by atoms with van der Waals surface area (Å²) in [6.45, 7) is 3.89. The first-order chi connectivity index (χ1) is 8.10. The van der Waals surface area contributed by atoms with E-state index in [0.717, 1.165) is 0 Å². The zero-order chi connectivity index (χ0) is 14.6. The van der Waals surface area contributed by atoms with Crippen LogP contribution in [0.25, 0.3) is 0 Å². The van der Waals surface area contributed by atoms with Gasteiger partial charge in [0.25, 0.3) is 0 Å². The van der Waals surface area contributed by atoms with Crippen molar-refractivity contribution in [1.29, 1.82) is 0 Å². The Morgan fingerprint density at radius 2 is 1.83 bits per heavy atom. The number of ether oxygens (including phenoxy) is 1. The first-order valence-corrected chi connectivity index (χ1v) is 5.38. The van der Waals surface area contributed by atoms with Crippen molar-refractivity contribution < 1.29 is 32.6 Å². The van der Waals surface area contributed by atoms with E-state index in [1.165, 1.54) is 19.2 Å². The lowest BCUT2D eigenvalue weighted by Gasteiger charge is -2.29. The number of amides is 1. The Labute approximate surface area is 102 Å². The minimum atomic E-state index is -5.36. The summed E-state index contributed by atoms with van der Waals surface area (Å²) in [7, 11) is 0. The Hall–Kier alpha value is -1.31. The predicted octanol–water partition coefficient (Wildman–Crippen LogP) is 0.963. The molecule has 0 aromatic carbocycles. The predicted molar refractivity (Wildman–Crippen MR) is 55.2 cm³/mol. The fraction of sp³-hybridized carbons (Fsp3) is 0.800. The number of esters is 1. The summed E-state index contributed by atoms with van der Waals surface area (Å²) in [5.74, 6) is -3.80. The van der Waals surface area contributed by atoms with Crippen LogP contribution >= 0.6 is 0 Å². The van der Waals surface area contributed by atoms with Gasteiger partial charge in [0.05, 0.1) is 6.61 Å². The van der Waals surface area contributed by atoms with Gasteiger partial charge in [-0.2, -0.15) is 13.2 Å². The van der Waals surface area contributed by atoms with E-state index in [9.17, 15) is 27.9 Å². The molecule has 106 valence electrons. The van der Waals surface area contributed by atoms with E-state index < -0.39 is 29.7 Å².